The summed E-state index contributed by atoms with van der Waals surface area (Å²) in [7, 11) is 3.70. The van der Waals surface area contributed by atoms with E-state index in [9.17, 15) is 9.90 Å². The minimum atomic E-state index is -0.503. The molecule has 0 aromatic rings. The first-order valence-electron chi connectivity index (χ1n) is 14.2. The number of likely N-dealkylation sites (tertiary alicyclic amines) is 1. The van der Waals surface area contributed by atoms with Crippen molar-refractivity contribution in [3.63, 3.8) is 0 Å². The average molecular weight is 488 g/mol. The molecule has 0 bridgehead atoms. The van der Waals surface area contributed by atoms with E-state index in [4.69, 9.17) is 9.47 Å². The summed E-state index contributed by atoms with van der Waals surface area (Å²) in [5.41, 5.74) is 0.706. The molecular weight excluding hydrogens is 438 g/mol. The van der Waals surface area contributed by atoms with Crippen LogP contribution in [0.3, 0.4) is 0 Å². The largest absolute Gasteiger partial charge is 0.386 e. The van der Waals surface area contributed by atoms with Gasteiger partial charge >= 0.3 is 0 Å². The van der Waals surface area contributed by atoms with Crippen LogP contribution >= 0.6 is 0 Å². The van der Waals surface area contributed by atoms with Gasteiger partial charge in [0.2, 0.25) is 0 Å². The van der Waals surface area contributed by atoms with Crippen molar-refractivity contribution in [2.45, 2.75) is 115 Å². The van der Waals surface area contributed by atoms with Crippen LogP contribution in [0.2, 0.25) is 0 Å². The number of ether oxygens (including phenoxy) is 2. The first-order valence-corrected chi connectivity index (χ1v) is 14.2. The van der Waals surface area contributed by atoms with Gasteiger partial charge < -0.3 is 14.6 Å². The highest BCUT2D eigenvalue weighted by Gasteiger charge is 2.76. The molecule has 0 radical (unpaired) electrons. The quantitative estimate of drug-likeness (QED) is 0.299. The topological polar surface area (TPSA) is 59.0 Å². The molecule has 198 valence electrons. The fourth-order valence-electron chi connectivity index (χ4n) is 8.78. The van der Waals surface area contributed by atoms with Crippen LogP contribution in [0.25, 0.3) is 0 Å². The van der Waals surface area contributed by atoms with Crippen molar-refractivity contribution in [2.24, 2.45) is 23.2 Å². The molecule has 8 atom stereocenters. The van der Waals surface area contributed by atoms with Crippen LogP contribution in [0.5, 0.6) is 0 Å². The van der Waals surface area contributed by atoms with Crippen molar-refractivity contribution in [3.8, 4) is 0 Å². The van der Waals surface area contributed by atoms with E-state index in [1.165, 1.54) is 69.6 Å². The smallest absolute Gasteiger partial charge is 0.142 e. The molecule has 0 spiro atoms. The molecule has 0 aromatic heterocycles. The molecule has 0 amide bonds. The van der Waals surface area contributed by atoms with E-state index in [-0.39, 0.29) is 17.6 Å². The van der Waals surface area contributed by atoms with Gasteiger partial charge in [0.15, 0.2) is 0 Å². The highest BCUT2D eigenvalue weighted by molar-refractivity contribution is 5.65. The van der Waals surface area contributed by atoms with Gasteiger partial charge in [0.25, 0.3) is 0 Å². The highest BCUT2D eigenvalue weighted by atomic mass is 16.5. The van der Waals surface area contributed by atoms with Crippen LogP contribution in [-0.4, -0.2) is 66.9 Å². The molecule has 1 N–H and O–H groups in total. The monoisotopic (exact) mass is 487 g/mol. The van der Waals surface area contributed by atoms with Crippen LogP contribution in [0.15, 0.2) is 23.8 Å². The summed E-state index contributed by atoms with van der Waals surface area (Å²) in [6.07, 6.45) is 18.6. The van der Waals surface area contributed by atoms with Crippen molar-refractivity contribution in [3.05, 3.63) is 23.8 Å². The highest BCUT2D eigenvalue weighted by Crippen LogP contribution is 2.68. The number of aliphatic hydroxyl groups is 1. The zero-order valence-electron chi connectivity index (χ0n) is 22.7. The first-order chi connectivity index (χ1) is 16.9. The summed E-state index contributed by atoms with van der Waals surface area (Å²) in [6.45, 7) is 7.53. The Labute approximate surface area is 213 Å². The molecular formula is C30H49NO4. The number of carbonyl (C=O) groups excluding carboxylic acids is 1. The Morgan fingerprint density at radius 3 is 2.37 bits per heavy atom. The minimum absolute atomic E-state index is 0.0114. The molecule has 1 heterocycles. The predicted octanol–water partition coefficient (Wildman–Crippen LogP) is 5.32. The van der Waals surface area contributed by atoms with Crippen LogP contribution < -0.4 is 0 Å². The second kappa shape index (κ2) is 11.2. The van der Waals surface area contributed by atoms with Crippen molar-refractivity contribution >= 4 is 6.29 Å². The number of fused-ring (bicyclic) bond motifs is 2. The van der Waals surface area contributed by atoms with Gasteiger partial charge in [0.05, 0.1) is 12.2 Å². The number of allylic oxidation sites excluding steroid dienone is 4. The Morgan fingerprint density at radius 2 is 1.80 bits per heavy atom. The second-order valence-corrected chi connectivity index (χ2v) is 12.1. The maximum Gasteiger partial charge on any atom is 0.142 e. The van der Waals surface area contributed by atoms with Gasteiger partial charge in [-0.1, -0.05) is 37.5 Å². The van der Waals surface area contributed by atoms with E-state index in [1.807, 2.05) is 34.1 Å². The predicted molar refractivity (Wildman–Crippen MR) is 140 cm³/mol. The number of carbonyl (C=O) groups is 1. The summed E-state index contributed by atoms with van der Waals surface area (Å²) in [6, 6.07) is 0.777. The third-order valence-electron chi connectivity index (χ3n) is 10.4. The summed E-state index contributed by atoms with van der Waals surface area (Å²) >= 11 is 0. The van der Waals surface area contributed by atoms with E-state index in [1.54, 1.807) is 6.08 Å². The van der Waals surface area contributed by atoms with Gasteiger partial charge in [0, 0.05) is 38.3 Å². The van der Waals surface area contributed by atoms with E-state index in [0.717, 1.165) is 25.0 Å². The zero-order chi connectivity index (χ0) is 25.2. The fraction of sp³-hybridized carbons (Fsp3) is 0.833. The van der Waals surface area contributed by atoms with Gasteiger partial charge in [-0.2, -0.15) is 0 Å². The molecule has 35 heavy (non-hydrogen) atoms. The Bertz CT molecular complexity index is 787. The van der Waals surface area contributed by atoms with Gasteiger partial charge in [-0.3, -0.25) is 9.69 Å². The average Bonchev–Trinajstić information content (AvgIpc) is 2.83. The number of rotatable bonds is 7. The SMILES string of the molecule is CC(C)=C/C=C/C=O.CCC12CCCC3N(CC4CCC4)C(CC4CCC(OC)C(OC)C41)C32O. The third kappa shape index (κ3) is 4.49. The minimum Gasteiger partial charge on any atom is -0.386 e. The molecule has 5 rings (SSSR count). The molecule has 1 saturated heterocycles. The molecule has 4 aliphatic carbocycles. The van der Waals surface area contributed by atoms with Gasteiger partial charge in [-0.15, -0.1) is 0 Å². The normalized spacial score (nSPS) is 42.6. The van der Waals surface area contributed by atoms with Crippen molar-refractivity contribution in [1.29, 1.82) is 0 Å². The van der Waals surface area contributed by atoms with E-state index in [0.29, 0.717) is 23.9 Å². The fourth-order valence-corrected chi connectivity index (χ4v) is 8.78. The Kier molecular flexibility index (Phi) is 8.62. The number of hydrogen-bond acceptors (Lipinski definition) is 5. The summed E-state index contributed by atoms with van der Waals surface area (Å²) in [5, 5.41) is 12.3. The summed E-state index contributed by atoms with van der Waals surface area (Å²) < 4.78 is 12.0. The lowest BCUT2D eigenvalue weighted by Crippen LogP contribution is -2.87. The summed E-state index contributed by atoms with van der Waals surface area (Å²) in [5.74, 6) is 2.01. The first kappa shape index (κ1) is 27.0. The molecule has 5 heteroatoms. The molecule has 5 nitrogen and oxygen atoms in total. The van der Waals surface area contributed by atoms with E-state index in [2.05, 4.69) is 11.8 Å². The maximum atomic E-state index is 12.3. The van der Waals surface area contributed by atoms with Crippen LogP contribution in [0.1, 0.15) is 85.0 Å². The van der Waals surface area contributed by atoms with Crippen LogP contribution in [-0.2, 0) is 14.3 Å². The third-order valence-corrected chi connectivity index (χ3v) is 10.4. The number of nitrogens with zero attached hydrogens (tertiary/aromatic N) is 1. The van der Waals surface area contributed by atoms with E-state index < -0.39 is 5.60 Å². The molecule has 0 aromatic carbocycles. The molecule has 4 saturated carbocycles. The second-order valence-electron chi connectivity index (χ2n) is 12.1. The number of aldehydes is 1. The standard InChI is InChI=1S/C23H39NO3.C7H10O/c1-4-22-12-6-9-18-23(22,25)19(24(18)14-15-7-5-8-15)13-16-10-11-17(26-2)21(27-3)20(16)22;1-7(2)5-3-4-6-8/h15-21,25H,4-14H2,1-3H3;3-6H,1-2H3/b;4-3+. The van der Waals surface area contributed by atoms with Crippen LogP contribution in [0, 0.1) is 23.2 Å². The van der Waals surface area contributed by atoms with Crippen molar-refractivity contribution in [2.75, 3.05) is 20.8 Å². The van der Waals surface area contributed by atoms with Crippen molar-refractivity contribution < 1.29 is 19.4 Å². The van der Waals surface area contributed by atoms with Gasteiger partial charge in [-0.05, 0) is 89.0 Å². The number of methoxy groups -OCH3 is 2. The lowest BCUT2D eigenvalue weighted by atomic mass is 9.39. The zero-order valence-corrected chi connectivity index (χ0v) is 22.7. The van der Waals surface area contributed by atoms with Crippen molar-refractivity contribution in [1.82, 2.24) is 4.90 Å². The lowest BCUT2D eigenvalue weighted by molar-refractivity contribution is -0.344. The summed E-state index contributed by atoms with van der Waals surface area (Å²) in [4.78, 5) is 12.4. The molecule has 1 aliphatic heterocycles. The Balaban J connectivity index is 0.000000314. The molecule has 8 unspecified atom stereocenters. The van der Waals surface area contributed by atoms with Gasteiger partial charge in [-0.25, -0.2) is 0 Å². The molecule has 5 fully saturated rings. The van der Waals surface area contributed by atoms with Crippen LogP contribution in [0.4, 0.5) is 0 Å². The Morgan fingerprint density at radius 1 is 1.03 bits per heavy atom. The number of hydrogen-bond donors (Lipinski definition) is 1. The lowest BCUT2D eigenvalue weighted by Gasteiger charge is -2.77. The van der Waals surface area contributed by atoms with E-state index >= 15 is 0 Å². The van der Waals surface area contributed by atoms with Gasteiger partial charge in [0.1, 0.15) is 11.9 Å². The molecule has 5 aliphatic rings. The Hall–Kier alpha value is -1.01. The maximum absolute atomic E-state index is 12.3.